The van der Waals surface area contributed by atoms with Crippen molar-refractivity contribution >= 4 is 40.1 Å². The molecule has 1 aromatic carbocycles. The minimum absolute atomic E-state index is 0.00974. The van der Waals surface area contributed by atoms with E-state index in [1.807, 2.05) is 29.8 Å². The van der Waals surface area contributed by atoms with E-state index in [-0.39, 0.29) is 12.0 Å². The quantitative estimate of drug-likeness (QED) is 0.796. The lowest BCUT2D eigenvalue weighted by Crippen LogP contribution is -2.11. The molecule has 0 amide bonds. The fourth-order valence-corrected chi connectivity index (χ4v) is 2.54. The highest BCUT2D eigenvalue weighted by Crippen LogP contribution is 2.31. The van der Waals surface area contributed by atoms with E-state index in [2.05, 4.69) is 4.74 Å². The van der Waals surface area contributed by atoms with E-state index in [1.54, 1.807) is 6.07 Å². The molecule has 3 nitrogen and oxygen atoms in total. The molecule has 1 aromatic heterocycles. The SMILES string of the molecule is COC(=O)CC(C)n1ccc2c(Cl)cc(Cl)cc21. The molecule has 5 heteroatoms. The largest absolute Gasteiger partial charge is 0.469 e. The van der Waals surface area contributed by atoms with Crippen molar-refractivity contribution < 1.29 is 9.53 Å². The van der Waals surface area contributed by atoms with E-state index in [4.69, 9.17) is 23.2 Å². The molecule has 2 rings (SSSR count). The zero-order valence-corrected chi connectivity index (χ0v) is 11.6. The van der Waals surface area contributed by atoms with Gasteiger partial charge in [0.15, 0.2) is 0 Å². The predicted molar refractivity (Wildman–Crippen MR) is 73.3 cm³/mol. The Balaban J connectivity index is 2.42. The number of methoxy groups -OCH3 is 1. The standard InChI is InChI=1S/C13H13Cl2NO2/c1-8(5-13(17)18-2)16-4-3-10-11(15)6-9(14)7-12(10)16/h3-4,6-8H,5H2,1-2H3. The van der Waals surface area contributed by atoms with Gasteiger partial charge >= 0.3 is 5.97 Å². The average molecular weight is 286 g/mol. The van der Waals surface area contributed by atoms with E-state index in [0.29, 0.717) is 16.5 Å². The third kappa shape index (κ3) is 2.47. The smallest absolute Gasteiger partial charge is 0.307 e. The summed E-state index contributed by atoms with van der Waals surface area (Å²) in [4.78, 5) is 11.3. The Morgan fingerprint density at radius 1 is 1.44 bits per heavy atom. The van der Waals surface area contributed by atoms with Crippen LogP contribution in [0.4, 0.5) is 0 Å². The number of benzene rings is 1. The van der Waals surface area contributed by atoms with Crippen LogP contribution in [0.15, 0.2) is 24.4 Å². The molecule has 0 aliphatic rings. The van der Waals surface area contributed by atoms with Crippen LogP contribution >= 0.6 is 23.2 Å². The molecule has 0 radical (unpaired) electrons. The van der Waals surface area contributed by atoms with Crippen LogP contribution < -0.4 is 0 Å². The number of nitrogens with zero attached hydrogens (tertiary/aromatic N) is 1. The molecule has 0 fully saturated rings. The number of hydrogen-bond donors (Lipinski definition) is 0. The fraction of sp³-hybridized carbons (Fsp3) is 0.308. The molecule has 1 unspecified atom stereocenters. The first-order chi connectivity index (χ1) is 8.52. The number of carbonyl (C=O) groups excluding carboxylic acids is 1. The number of esters is 1. The normalized spacial score (nSPS) is 12.7. The molecule has 18 heavy (non-hydrogen) atoms. The molecular formula is C13H13Cl2NO2. The van der Waals surface area contributed by atoms with Crippen LogP contribution in [0.3, 0.4) is 0 Å². The lowest BCUT2D eigenvalue weighted by molar-refractivity contribution is -0.141. The summed E-state index contributed by atoms with van der Waals surface area (Å²) in [5.41, 5.74) is 0.920. The van der Waals surface area contributed by atoms with Gasteiger partial charge in [-0.25, -0.2) is 0 Å². The van der Waals surface area contributed by atoms with Gasteiger partial charge in [-0.15, -0.1) is 0 Å². The van der Waals surface area contributed by atoms with Crippen molar-refractivity contribution in [2.24, 2.45) is 0 Å². The van der Waals surface area contributed by atoms with Crippen LogP contribution in [0, 0.1) is 0 Å². The first-order valence-corrected chi connectivity index (χ1v) is 6.31. The number of aromatic nitrogens is 1. The molecule has 0 aliphatic carbocycles. The minimum Gasteiger partial charge on any atom is -0.469 e. The molecule has 0 aliphatic heterocycles. The van der Waals surface area contributed by atoms with Gasteiger partial charge < -0.3 is 9.30 Å². The highest BCUT2D eigenvalue weighted by atomic mass is 35.5. The maximum atomic E-state index is 11.3. The zero-order valence-electron chi connectivity index (χ0n) is 10.1. The van der Waals surface area contributed by atoms with Crippen molar-refractivity contribution in [2.45, 2.75) is 19.4 Å². The fourth-order valence-electron chi connectivity index (χ4n) is 1.99. The molecular weight excluding hydrogens is 273 g/mol. The maximum Gasteiger partial charge on any atom is 0.307 e. The molecule has 0 bridgehead atoms. The molecule has 0 N–H and O–H groups in total. The average Bonchev–Trinajstić information content (AvgIpc) is 2.72. The van der Waals surface area contributed by atoms with Gasteiger partial charge in [-0.3, -0.25) is 4.79 Å². The first kappa shape index (κ1) is 13.2. The van der Waals surface area contributed by atoms with Gasteiger partial charge in [0, 0.05) is 22.6 Å². The Hall–Kier alpha value is -1.19. The molecule has 2 aromatic rings. The zero-order chi connectivity index (χ0) is 13.3. The van der Waals surface area contributed by atoms with Crippen LogP contribution in [0.25, 0.3) is 10.9 Å². The summed E-state index contributed by atoms with van der Waals surface area (Å²) in [6.07, 6.45) is 2.21. The van der Waals surface area contributed by atoms with Crippen LogP contribution in [0.1, 0.15) is 19.4 Å². The van der Waals surface area contributed by atoms with Crippen molar-refractivity contribution in [3.8, 4) is 0 Å². The third-order valence-electron chi connectivity index (χ3n) is 2.92. The van der Waals surface area contributed by atoms with E-state index in [0.717, 1.165) is 10.9 Å². The molecule has 0 saturated carbocycles. The first-order valence-electron chi connectivity index (χ1n) is 5.55. The van der Waals surface area contributed by atoms with E-state index >= 15 is 0 Å². The van der Waals surface area contributed by atoms with Gasteiger partial charge in [-0.2, -0.15) is 0 Å². The summed E-state index contributed by atoms with van der Waals surface area (Å²) in [7, 11) is 1.39. The van der Waals surface area contributed by atoms with Crippen molar-refractivity contribution in [3.05, 3.63) is 34.4 Å². The summed E-state index contributed by atoms with van der Waals surface area (Å²) >= 11 is 12.1. The topological polar surface area (TPSA) is 31.2 Å². The number of hydrogen-bond acceptors (Lipinski definition) is 2. The Morgan fingerprint density at radius 3 is 2.83 bits per heavy atom. The van der Waals surface area contributed by atoms with Crippen molar-refractivity contribution in [1.82, 2.24) is 4.57 Å². The lowest BCUT2D eigenvalue weighted by atomic mass is 10.2. The summed E-state index contributed by atoms with van der Waals surface area (Å²) in [6, 6.07) is 5.46. The Labute approximate surface area is 115 Å². The second-order valence-corrected chi connectivity index (χ2v) is 5.02. The number of fused-ring (bicyclic) bond motifs is 1. The second kappa shape index (κ2) is 5.21. The summed E-state index contributed by atoms with van der Waals surface area (Å²) in [5.74, 6) is -0.238. The van der Waals surface area contributed by atoms with Gasteiger partial charge in [0.25, 0.3) is 0 Å². The third-order valence-corrected chi connectivity index (χ3v) is 3.45. The summed E-state index contributed by atoms with van der Waals surface area (Å²) in [5, 5.41) is 2.12. The van der Waals surface area contributed by atoms with Crippen molar-refractivity contribution in [2.75, 3.05) is 7.11 Å². The van der Waals surface area contributed by atoms with E-state index < -0.39 is 0 Å². The predicted octanol–water partition coefficient (Wildman–Crippen LogP) is 4.07. The van der Waals surface area contributed by atoms with Gasteiger partial charge in [0.1, 0.15) is 0 Å². The Morgan fingerprint density at radius 2 is 2.17 bits per heavy atom. The second-order valence-electron chi connectivity index (χ2n) is 4.17. The molecule has 1 atom stereocenters. The van der Waals surface area contributed by atoms with Crippen LogP contribution in [-0.4, -0.2) is 17.6 Å². The van der Waals surface area contributed by atoms with Gasteiger partial charge in [-0.05, 0) is 25.1 Å². The van der Waals surface area contributed by atoms with Gasteiger partial charge in [-0.1, -0.05) is 23.2 Å². The number of halogens is 2. The van der Waals surface area contributed by atoms with Crippen LogP contribution in [0.2, 0.25) is 10.0 Å². The highest BCUT2D eigenvalue weighted by molar-refractivity contribution is 6.38. The number of ether oxygens (including phenoxy) is 1. The Bertz CT molecular complexity index is 592. The summed E-state index contributed by atoms with van der Waals surface area (Å²) in [6.45, 7) is 1.95. The van der Waals surface area contributed by atoms with Gasteiger partial charge in [0.2, 0.25) is 0 Å². The molecule has 1 heterocycles. The lowest BCUT2D eigenvalue weighted by Gasteiger charge is -2.14. The maximum absolute atomic E-state index is 11.3. The molecule has 96 valence electrons. The monoisotopic (exact) mass is 285 g/mol. The van der Waals surface area contributed by atoms with E-state index in [9.17, 15) is 4.79 Å². The molecule has 0 spiro atoms. The van der Waals surface area contributed by atoms with Crippen LogP contribution in [0.5, 0.6) is 0 Å². The summed E-state index contributed by atoms with van der Waals surface area (Å²) < 4.78 is 6.65. The number of carbonyl (C=O) groups is 1. The van der Waals surface area contributed by atoms with Crippen molar-refractivity contribution in [1.29, 1.82) is 0 Å². The highest BCUT2D eigenvalue weighted by Gasteiger charge is 2.14. The van der Waals surface area contributed by atoms with Crippen molar-refractivity contribution in [3.63, 3.8) is 0 Å². The minimum atomic E-state index is -0.238. The molecule has 0 saturated heterocycles. The van der Waals surface area contributed by atoms with E-state index in [1.165, 1.54) is 7.11 Å². The Kier molecular flexibility index (Phi) is 3.83. The van der Waals surface area contributed by atoms with Crippen LogP contribution in [-0.2, 0) is 9.53 Å². The number of rotatable bonds is 3. The van der Waals surface area contributed by atoms with Gasteiger partial charge in [0.05, 0.1) is 24.1 Å².